The van der Waals surface area contributed by atoms with Gasteiger partial charge in [-0.05, 0) is 6.42 Å². The van der Waals surface area contributed by atoms with E-state index in [-0.39, 0.29) is 5.69 Å². The van der Waals surface area contributed by atoms with Gasteiger partial charge in [-0.15, -0.1) is 0 Å². The lowest BCUT2D eigenvalue weighted by Crippen LogP contribution is -2.15. The lowest BCUT2D eigenvalue weighted by molar-refractivity contribution is 0.0688. The molecule has 0 bridgehead atoms. The summed E-state index contributed by atoms with van der Waals surface area (Å²) in [6, 6.07) is 0. The van der Waals surface area contributed by atoms with Crippen LogP contribution in [0, 0.1) is 0 Å². The summed E-state index contributed by atoms with van der Waals surface area (Å²) in [5.74, 6) is -0.315. The Balaban J connectivity index is 2.45. The highest BCUT2D eigenvalue weighted by Crippen LogP contribution is 2.27. The van der Waals surface area contributed by atoms with Crippen LogP contribution in [0.1, 0.15) is 35.8 Å². The Bertz CT molecular complexity index is 384. The molecule has 15 heavy (non-hydrogen) atoms. The third-order valence-electron chi connectivity index (χ3n) is 2.45. The fourth-order valence-corrected chi connectivity index (χ4v) is 1.83. The largest absolute Gasteiger partial charge is 0.478 e. The number of carbonyl (C=O) groups is 1. The van der Waals surface area contributed by atoms with Gasteiger partial charge in [-0.2, -0.15) is 5.10 Å². The summed E-state index contributed by atoms with van der Waals surface area (Å²) >= 11 is 0. The molecule has 0 spiro atoms. The van der Waals surface area contributed by atoms with E-state index in [1.54, 1.807) is 4.68 Å². The molecule has 0 unspecified atom stereocenters. The molecule has 5 nitrogen and oxygen atoms in total. The number of hydrogen-bond donors (Lipinski definition) is 1. The molecule has 1 aromatic heterocycles. The van der Waals surface area contributed by atoms with Gasteiger partial charge in [0.05, 0.1) is 6.61 Å². The van der Waals surface area contributed by atoms with Crippen molar-refractivity contribution in [2.24, 2.45) is 0 Å². The Kier molecular flexibility index (Phi) is 2.62. The summed E-state index contributed by atoms with van der Waals surface area (Å²) in [6.45, 7) is 3.42. The molecular formula is C10H14N2O3. The first-order valence-electron chi connectivity index (χ1n) is 5.19. The highest BCUT2D eigenvalue weighted by Gasteiger charge is 2.24. The van der Waals surface area contributed by atoms with Gasteiger partial charge < -0.3 is 9.84 Å². The van der Waals surface area contributed by atoms with Crippen LogP contribution in [0.25, 0.3) is 0 Å². The Morgan fingerprint density at radius 3 is 3.13 bits per heavy atom. The maximum absolute atomic E-state index is 11.0. The van der Waals surface area contributed by atoms with Crippen LogP contribution in [0.2, 0.25) is 0 Å². The molecule has 0 saturated heterocycles. The molecule has 0 fully saturated rings. The number of nitrogens with zero attached hydrogens (tertiary/aromatic N) is 2. The molecule has 0 saturated carbocycles. The maximum atomic E-state index is 11.0. The fourth-order valence-electron chi connectivity index (χ4n) is 1.83. The molecule has 82 valence electrons. The number of ether oxygens (including phenoxy) is 1. The van der Waals surface area contributed by atoms with E-state index in [4.69, 9.17) is 9.84 Å². The minimum atomic E-state index is -0.969. The minimum Gasteiger partial charge on any atom is -0.478 e. The van der Waals surface area contributed by atoms with E-state index in [0.29, 0.717) is 18.9 Å². The Hall–Kier alpha value is -1.52. The third kappa shape index (κ3) is 1.69. The minimum absolute atomic E-state index is 0.147. The summed E-state index contributed by atoms with van der Waals surface area (Å²) in [5.41, 5.74) is 0.887. The van der Waals surface area contributed by atoms with Crippen molar-refractivity contribution in [1.82, 2.24) is 9.78 Å². The number of aryl methyl sites for hydroxylation is 1. The zero-order chi connectivity index (χ0) is 10.8. The SMILES string of the molecule is CCCc1c(C(=O)O)nn2c1OCCC2. The number of hydrogen-bond acceptors (Lipinski definition) is 3. The topological polar surface area (TPSA) is 64.3 Å². The van der Waals surface area contributed by atoms with Crippen molar-refractivity contribution in [3.05, 3.63) is 11.3 Å². The molecule has 0 atom stereocenters. The standard InChI is InChI=1S/C10H14N2O3/c1-2-4-7-8(10(13)14)11-12-5-3-6-15-9(7)12/h2-6H2,1H3,(H,13,14). The highest BCUT2D eigenvalue weighted by molar-refractivity contribution is 5.87. The Morgan fingerprint density at radius 1 is 1.67 bits per heavy atom. The zero-order valence-electron chi connectivity index (χ0n) is 8.69. The van der Waals surface area contributed by atoms with Crippen LogP contribution < -0.4 is 4.74 Å². The van der Waals surface area contributed by atoms with Gasteiger partial charge >= 0.3 is 5.97 Å². The van der Waals surface area contributed by atoms with Gasteiger partial charge in [0.25, 0.3) is 0 Å². The molecule has 2 rings (SSSR count). The molecule has 5 heteroatoms. The van der Waals surface area contributed by atoms with E-state index in [1.165, 1.54) is 0 Å². The van der Waals surface area contributed by atoms with E-state index in [1.807, 2.05) is 6.92 Å². The first-order chi connectivity index (χ1) is 7.24. The van der Waals surface area contributed by atoms with Gasteiger partial charge in [0.15, 0.2) is 5.69 Å². The molecule has 1 aliphatic heterocycles. The molecule has 1 aromatic rings. The van der Waals surface area contributed by atoms with Crippen LogP contribution in [0.15, 0.2) is 0 Å². The lowest BCUT2D eigenvalue weighted by atomic mass is 10.1. The normalized spacial score (nSPS) is 14.5. The number of carboxylic acids is 1. The lowest BCUT2D eigenvalue weighted by Gasteiger charge is -2.15. The number of rotatable bonds is 3. The van der Waals surface area contributed by atoms with Crippen molar-refractivity contribution in [3.63, 3.8) is 0 Å². The zero-order valence-corrected chi connectivity index (χ0v) is 8.69. The van der Waals surface area contributed by atoms with E-state index in [9.17, 15) is 4.79 Å². The summed E-state index contributed by atoms with van der Waals surface area (Å²) in [5, 5.41) is 13.1. The molecule has 1 N–H and O–H groups in total. The van der Waals surface area contributed by atoms with Gasteiger partial charge in [-0.3, -0.25) is 0 Å². The van der Waals surface area contributed by atoms with E-state index >= 15 is 0 Å². The molecule has 1 aliphatic rings. The number of carboxylic acid groups (broad SMARTS) is 1. The average molecular weight is 210 g/mol. The molecule has 0 radical (unpaired) electrons. The van der Waals surface area contributed by atoms with Crippen molar-refractivity contribution in [1.29, 1.82) is 0 Å². The molecular weight excluding hydrogens is 196 g/mol. The molecule has 0 aromatic carbocycles. The monoisotopic (exact) mass is 210 g/mol. The van der Waals surface area contributed by atoms with Gasteiger partial charge in [0, 0.05) is 18.5 Å². The quantitative estimate of drug-likeness (QED) is 0.817. The summed E-state index contributed by atoms with van der Waals surface area (Å²) in [4.78, 5) is 11.0. The van der Waals surface area contributed by atoms with Crippen LogP contribution >= 0.6 is 0 Å². The van der Waals surface area contributed by atoms with E-state index in [0.717, 1.165) is 24.9 Å². The number of aromatic carboxylic acids is 1. The van der Waals surface area contributed by atoms with Crippen LogP contribution in [-0.2, 0) is 13.0 Å². The van der Waals surface area contributed by atoms with Crippen molar-refractivity contribution in [2.75, 3.05) is 6.61 Å². The van der Waals surface area contributed by atoms with Gasteiger partial charge in [0.1, 0.15) is 0 Å². The summed E-state index contributed by atoms with van der Waals surface area (Å²) in [7, 11) is 0. The van der Waals surface area contributed by atoms with Crippen LogP contribution in [0.5, 0.6) is 5.88 Å². The fraction of sp³-hybridized carbons (Fsp3) is 0.600. The van der Waals surface area contributed by atoms with Crippen molar-refractivity contribution < 1.29 is 14.6 Å². The predicted molar refractivity (Wildman–Crippen MR) is 53.3 cm³/mol. The highest BCUT2D eigenvalue weighted by atomic mass is 16.5. The first-order valence-corrected chi connectivity index (χ1v) is 5.19. The van der Waals surface area contributed by atoms with Crippen LogP contribution in [0.4, 0.5) is 0 Å². The maximum Gasteiger partial charge on any atom is 0.356 e. The van der Waals surface area contributed by atoms with Crippen molar-refractivity contribution in [3.8, 4) is 5.88 Å². The Morgan fingerprint density at radius 2 is 2.47 bits per heavy atom. The second-order valence-electron chi connectivity index (χ2n) is 3.61. The average Bonchev–Trinajstić information content (AvgIpc) is 2.58. The predicted octanol–water partition coefficient (Wildman–Crippen LogP) is 1.32. The second kappa shape index (κ2) is 3.92. The molecule has 0 aliphatic carbocycles. The smallest absolute Gasteiger partial charge is 0.356 e. The van der Waals surface area contributed by atoms with Crippen LogP contribution in [0.3, 0.4) is 0 Å². The van der Waals surface area contributed by atoms with E-state index < -0.39 is 5.97 Å². The third-order valence-corrected chi connectivity index (χ3v) is 2.45. The van der Waals surface area contributed by atoms with Crippen LogP contribution in [-0.4, -0.2) is 27.5 Å². The molecule has 2 heterocycles. The van der Waals surface area contributed by atoms with Crippen molar-refractivity contribution in [2.45, 2.75) is 32.7 Å². The Labute approximate surface area is 87.7 Å². The van der Waals surface area contributed by atoms with Gasteiger partial charge in [0.2, 0.25) is 5.88 Å². The molecule has 0 amide bonds. The number of fused-ring (bicyclic) bond motifs is 1. The summed E-state index contributed by atoms with van der Waals surface area (Å²) < 4.78 is 7.14. The number of aromatic nitrogens is 2. The summed E-state index contributed by atoms with van der Waals surface area (Å²) in [6.07, 6.45) is 2.48. The first kappa shape index (κ1) is 10.0. The van der Waals surface area contributed by atoms with Gasteiger partial charge in [-0.1, -0.05) is 13.3 Å². The second-order valence-corrected chi connectivity index (χ2v) is 3.61. The van der Waals surface area contributed by atoms with E-state index in [2.05, 4.69) is 5.10 Å². The van der Waals surface area contributed by atoms with Gasteiger partial charge in [-0.25, -0.2) is 9.48 Å². The van der Waals surface area contributed by atoms with Crippen molar-refractivity contribution >= 4 is 5.97 Å².